The molecule has 0 fully saturated rings. The van der Waals surface area contributed by atoms with E-state index >= 15 is 0 Å². The molecule has 20 heavy (non-hydrogen) atoms. The van der Waals surface area contributed by atoms with Crippen molar-refractivity contribution in [2.75, 3.05) is 0 Å². The molecule has 1 unspecified atom stereocenters. The van der Waals surface area contributed by atoms with Crippen LogP contribution in [-0.2, 0) is 13.0 Å². The maximum absolute atomic E-state index is 6.00. The SMILES string of the molecule is CCC(N)Cc1ccn(Cc2ccc(C(C)C)cc2)c1. The van der Waals surface area contributed by atoms with E-state index in [1.54, 1.807) is 0 Å². The topological polar surface area (TPSA) is 30.9 Å². The first-order valence-corrected chi connectivity index (χ1v) is 7.57. The Hall–Kier alpha value is -1.54. The molecule has 2 aromatic rings. The van der Waals surface area contributed by atoms with Crippen LogP contribution in [0, 0.1) is 0 Å². The van der Waals surface area contributed by atoms with Crippen LogP contribution in [0.15, 0.2) is 42.7 Å². The molecule has 0 saturated heterocycles. The molecule has 1 aromatic heterocycles. The summed E-state index contributed by atoms with van der Waals surface area (Å²) in [6.45, 7) is 7.52. The zero-order valence-corrected chi connectivity index (χ0v) is 12.8. The van der Waals surface area contributed by atoms with Crippen molar-refractivity contribution in [3.63, 3.8) is 0 Å². The minimum absolute atomic E-state index is 0.274. The van der Waals surface area contributed by atoms with E-state index < -0.39 is 0 Å². The Kier molecular flexibility index (Phi) is 5.02. The summed E-state index contributed by atoms with van der Waals surface area (Å²) in [6.07, 6.45) is 6.36. The smallest absolute Gasteiger partial charge is 0.0470 e. The maximum atomic E-state index is 6.00. The second-order valence-electron chi connectivity index (χ2n) is 5.96. The predicted octanol–water partition coefficient (Wildman–Crippen LogP) is 3.94. The Bertz CT molecular complexity index is 523. The highest BCUT2D eigenvalue weighted by atomic mass is 14.9. The van der Waals surface area contributed by atoms with Crippen molar-refractivity contribution in [1.82, 2.24) is 4.57 Å². The zero-order chi connectivity index (χ0) is 14.5. The van der Waals surface area contributed by atoms with Crippen molar-refractivity contribution in [3.8, 4) is 0 Å². The van der Waals surface area contributed by atoms with Gasteiger partial charge in [-0.05, 0) is 41.5 Å². The van der Waals surface area contributed by atoms with Gasteiger partial charge in [0.2, 0.25) is 0 Å². The Morgan fingerprint density at radius 3 is 2.35 bits per heavy atom. The first-order valence-electron chi connectivity index (χ1n) is 7.57. The van der Waals surface area contributed by atoms with Crippen molar-refractivity contribution < 1.29 is 0 Å². The summed E-state index contributed by atoms with van der Waals surface area (Å²) in [4.78, 5) is 0. The fourth-order valence-electron chi connectivity index (χ4n) is 2.38. The van der Waals surface area contributed by atoms with Crippen LogP contribution in [0.5, 0.6) is 0 Å². The van der Waals surface area contributed by atoms with Crippen LogP contribution < -0.4 is 5.73 Å². The molecule has 1 atom stereocenters. The molecule has 0 spiro atoms. The Labute approximate surface area is 122 Å². The lowest BCUT2D eigenvalue weighted by atomic mass is 10.0. The number of benzene rings is 1. The maximum Gasteiger partial charge on any atom is 0.0470 e. The molecule has 2 heteroatoms. The van der Waals surface area contributed by atoms with Gasteiger partial charge in [0, 0.05) is 25.0 Å². The highest BCUT2D eigenvalue weighted by Gasteiger charge is 2.04. The van der Waals surface area contributed by atoms with Gasteiger partial charge < -0.3 is 10.3 Å². The van der Waals surface area contributed by atoms with Gasteiger partial charge in [-0.3, -0.25) is 0 Å². The first-order chi connectivity index (χ1) is 9.58. The molecular weight excluding hydrogens is 244 g/mol. The molecule has 108 valence electrons. The van der Waals surface area contributed by atoms with E-state index in [0.29, 0.717) is 5.92 Å². The molecule has 0 aliphatic heterocycles. The zero-order valence-electron chi connectivity index (χ0n) is 12.8. The highest BCUT2D eigenvalue weighted by molar-refractivity contribution is 5.25. The van der Waals surface area contributed by atoms with Crippen molar-refractivity contribution in [2.24, 2.45) is 5.73 Å². The van der Waals surface area contributed by atoms with Crippen LogP contribution >= 0.6 is 0 Å². The number of rotatable bonds is 6. The first kappa shape index (κ1) is 14.9. The van der Waals surface area contributed by atoms with Gasteiger partial charge in [0.05, 0.1) is 0 Å². The summed E-state index contributed by atoms with van der Waals surface area (Å²) >= 11 is 0. The van der Waals surface area contributed by atoms with Crippen LogP contribution in [0.2, 0.25) is 0 Å². The van der Waals surface area contributed by atoms with Crippen LogP contribution in [0.25, 0.3) is 0 Å². The quantitative estimate of drug-likeness (QED) is 0.847. The van der Waals surface area contributed by atoms with E-state index in [-0.39, 0.29) is 6.04 Å². The van der Waals surface area contributed by atoms with Gasteiger partial charge in [-0.25, -0.2) is 0 Å². The lowest BCUT2D eigenvalue weighted by Gasteiger charge is -2.08. The van der Waals surface area contributed by atoms with Crippen LogP contribution in [-0.4, -0.2) is 10.6 Å². The van der Waals surface area contributed by atoms with Gasteiger partial charge in [-0.2, -0.15) is 0 Å². The van der Waals surface area contributed by atoms with E-state index in [2.05, 4.69) is 68.1 Å². The molecule has 1 aromatic carbocycles. The fraction of sp³-hybridized carbons (Fsp3) is 0.444. The molecule has 1 heterocycles. The largest absolute Gasteiger partial charge is 0.350 e. The fourth-order valence-corrected chi connectivity index (χ4v) is 2.38. The van der Waals surface area contributed by atoms with E-state index in [4.69, 9.17) is 5.73 Å². The Morgan fingerprint density at radius 2 is 1.75 bits per heavy atom. The highest BCUT2D eigenvalue weighted by Crippen LogP contribution is 2.15. The van der Waals surface area contributed by atoms with E-state index in [9.17, 15) is 0 Å². The lowest BCUT2D eigenvalue weighted by Crippen LogP contribution is -2.21. The minimum Gasteiger partial charge on any atom is -0.350 e. The molecule has 0 saturated carbocycles. The third-order valence-corrected chi connectivity index (χ3v) is 3.85. The normalized spacial score (nSPS) is 12.8. The van der Waals surface area contributed by atoms with E-state index in [1.807, 2.05) is 0 Å². The number of aromatic nitrogens is 1. The minimum atomic E-state index is 0.274. The Morgan fingerprint density at radius 1 is 1.05 bits per heavy atom. The Balaban J connectivity index is 1.99. The standard InChI is InChI=1S/C18H26N2/c1-4-18(19)11-16-9-10-20(13-16)12-15-5-7-17(8-6-15)14(2)3/h5-10,13-14,18H,4,11-12,19H2,1-3H3. The van der Waals surface area contributed by atoms with E-state index in [0.717, 1.165) is 19.4 Å². The van der Waals surface area contributed by atoms with Gasteiger partial charge >= 0.3 is 0 Å². The average molecular weight is 270 g/mol. The molecule has 0 bridgehead atoms. The van der Waals surface area contributed by atoms with Crippen LogP contribution in [0.1, 0.15) is 49.8 Å². The van der Waals surface area contributed by atoms with Crippen molar-refractivity contribution in [3.05, 3.63) is 59.4 Å². The van der Waals surface area contributed by atoms with Crippen molar-refractivity contribution in [2.45, 2.75) is 52.1 Å². The summed E-state index contributed by atoms with van der Waals surface area (Å²) in [5, 5.41) is 0. The molecule has 0 radical (unpaired) electrons. The van der Waals surface area contributed by atoms with Gasteiger partial charge in [-0.15, -0.1) is 0 Å². The predicted molar refractivity (Wildman–Crippen MR) is 86.0 cm³/mol. The third kappa shape index (κ3) is 3.97. The number of hydrogen-bond acceptors (Lipinski definition) is 1. The average Bonchev–Trinajstić information content (AvgIpc) is 2.86. The second-order valence-corrected chi connectivity index (χ2v) is 5.96. The van der Waals surface area contributed by atoms with Gasteiger partial charge in [0.25, 0.3) is 0 Å². The van der Waals surface area contributed by atoms with E-state index in [1.165, 1.54) is 16.7 Å². The summed E-state index contributed by atoms with van der Waals surface area (Å²) in [5.74, 6) is 0.595. The van der Waals surface area contributed by atoms with Crippen LogP contribution in [0.3, 0.4) is 0 Å². The molecule has 2 nitrogen and oxygen atoms in total. The summed E-state index contributed by atoms with van der Waals surface area (Å²) in [6, 6.07) is 11.4. The molecule has 0 amide bonds. The lowest BCUT2D eigenvalue weighted by molar-refractivity contribution is 0.645. The summed E-state index contributed by atoms with van der Waals surface area (Å²) < 4.78 is 2.24. The van der Waals surface area contributed by atoms with Crippen molar-refractivity contribution in [1.29, 1.82) is 0 Å². The van der Waals surface area contributed by atoms with Gasteiger partial charge in [0.15, 0.2) is 0 Å². The van der Waals surface area contributed by atoms with Crippen molar-refractivity contribution >= 4 is 0 Å². The molecule has 0 aliphatic carbocycles. The number of nitrogens with two attached hydrogens (primary N) is 1. The monoisotopic (exact) mass is 270 g/mol. The van der Waals surface area contributed by atoms with Gasteiger partial charge in [-0.1, -0.05) is 45.0 Å². The number of hydrogen-bond donors (Lipinski definition) is 1. The summed E-state index contributed by atoms with van der Waals surface area (Å²) in [7, 11) is 0. The second kappa shape index (κ2) is 6.76. The molecule has 2 rings (SSSR count). The molecule has 2 N–H and O–H groups in total. The van der Waals surface area contributed by atoms with Gasteiger partial charge in [0.1, 0.15) is 0 Å². The summed E-state index contributed by atoms with van der Waals surface area (Å²) in [5.41, 5.74) is 10.1. The number of nitrogens with zero attached hydrogens (tertiary/aromatic N) is 1. The molecular formula is C18H26N2. The van der Waals surface area contributed by atoms with Crippen LogP contribution in [0.4, 0.5) is 0 Å². The molecule has 0 aliphatic rings. The third-order valence-electron chi connectivity index (χ3n) is 3.85.